The molecule has 2 rings (SSSR count). The molecular formula is C12H15ClFNO3S2. The van der Waals surface area contributed by atoms with Gasteiger partial charge in [-0.2, -0.15) is 11.8 Å². The largest absolute Gasteiger partial charge is 0.376 e. The van der Waals surface area contributed by atoms with E-state index in [1.807, 2.05) is 0 Å². The van der Waals surface area contributed by atoms with Gasteiger partial charge in [0.1, 0.15) is 5.82 Å². The molecular weight excluding hydrogens is 325 g/mol. The summed E-state index contributed by atoms with van der Waals surface area (Å²) < 4.78 is 45.3. The third-order valence-electron chi connectivity index (χ3n) is 3.29. The minimum absolute atomic E-state index is 0.0548. The standard InChI is InChI=1S/C12H15ClFNO3S2/c1-18-12(4-5-19-8-12)7-15-20(16,17)9-2-3-11(14)10(13)6-9/h2-3,6,15H,4-5,7-8H2,1H3. The van der Waals surface area contributed by atoms with Gasteiger partial charge in [0.05, 0.1) is 15.5 Å². The number of sulfonamides is 1. The number of hydrogen-bond acceptors (Lipinski definition) is 4. The second-order valence-corrected chi connectivity index (χ2v) is 7.87. The molecule has 0 amide bonds. The SMILES string of the molecule is COC1(CNS(=O)(=O)c2ccc(F)c(Cl)c2)CCSC1. The minimum Gasteiger partial charge on any atom is -0.376 e. The Labute approximate surface area is 127 Å². The zero-order valence-electron chi connectivity index (χ0n) is 10.9. The van der Waals surface area contributed by atoms with Crippen molar-refractivity contribution in [2.45, 2.75) is 16.9 Å². The van der Waals surface area contributed by atoms with E-state index >= 15 is 0 Å². The average molecular weight is 340 g/mol. The summed E-state index contributed by atoms with van der Waals surface area (Å²) >= 11 is 7.33. The number of hydrogen-bond donors (Lipinski definition) is 1. The van der Waals surface area contributed by atoms with Gasteiger partial charge in [-0.15, -0.1) is 0 Å². The molecule has 1 heterocycles. The van der Waals surface area contributed by atoms with E-state index in [0.717, 1.165) is 30.1 Å². The highest BCUT2D eigenvalue weighted by Crippen LogP contribution is 2.30. The number of halogens is 2. The van der Waals surface area contributed by atoms with Gasteiger partial charge in [-0.05, 0) is 30.4 Å². The zero-order valence-corrected chi connectivity index (χ0v) is 13.2. The minimum atomic E-state index is -3.73. The molecule has 1 unspecified atom stereocenters. The number of nitrogens with one attached hydrogen (secondary N) is 1. The highest BCUT2D eigenvalue weighted by atomic mass is 35.5. The lowest BCUT2D eigenvalue weighted by atomic mass is 10.0. The van der Waals surface area contributed by atoms with Crippen molar-refractivity contribution in [3.8, 4) is 0 Å². The third-order valence-corrected chi connectivity index (χ3v) is 6.20. The maximum absolute atomic E-state index is 13.1. The number of benzene rings is 1. The third kappa shape index (κ3) is 3.46. The molecule has 0 aliphatic carbocycles. The number of methoxy groups -OCH3 is 1. The van der Waals surface area contributed by atoms with Crippen LogP contribution in [0.15, 0.2) is 23.1 Å². The Bertz CT molecular complexity index is 588. The van der Waals surface area contributed by atoms with E-state index in [9.17, 15) is 12.8 Å². The summed E-state index contributed by atoms with van der Waals surface area (Å²) in [5, 5.41) is -0.217. The number of rotatable bonds is 5. The first-order chi connectivity index (χ1) is 9.38. The Hall–Kier alpha value is -0.340. The maximum atomic E-state index is 13.1. The van der Waals surface area contributed by atoms with Crippen molar-refractivity contribution in [3.05, 3.63) is 29.0 Å². The molecule has 112 valence electrons. The molecule has 1 N–H and O–H groups in total. The van der Waals surface area contributed by atoms with Crippen molar-refractivity contribution < 1.29 is 17.5 Å². The molecule has 1 aliphatic heterocycles. The Balaban J connectivity index is 2.13. The summed E-state index contributed by atoms with van der Waals surface area (Å²) in [7, 11) is -2.15. The quantitative estimate of drug-likeness (QED) is 0.894. The van der Waals surface area contributed by atoms with E-state index in [0.29, 0.717) is 0 Å². The van der Waals surface area contributed by atoms with Crippen LogP contribution < -0.4 is 4.72 Å². The Morgan fingerprint density at radius 1 is 1.55 bits per heavy atom. The van der Waals surface area contributed by atoms with Crippen molar-refractivity contribution in [2.75, 3.05) is 25.2 Å². The smallest absolute Gasteiger partial charge is 0.240 e. The molecule has 20 heavy (non-hydrogen) atoms. The molecule has 0 aromatic heterocycles. The fourth-order valence-corrected chi connectivity index (χ4v) is 4.70. The zero-order chi connectivity index (χ0) is 14.8. The second-order valence-electron chi connectivity index (χ2n) is 4.59. The van der Waals surface area contributed by atoms with Gasteiger partial charge in [0, 0.05) is 19.4 Å². The van der Waals surface area contributed by atoms with E-state index in [-0.39, 0.29) is 16.5 Å². The molecule has 0 saturated carbocycles. The van der Waals surface area contributed by atoms with Crippen molar-refractivity contribution in [1.82, 2.24) is 4.72 Å². The number of thioether (sulfide) groups is 1. The summed E-state index contributed by atoms with van der Waals surface area (Å²) in [6, 6.07) is 3.32. The molecule has 1 aliphatic rings. The van der Waals surface area contributed by atoms with Crippen LogP contribution in [0.4, 0.5) is 4.39 Å². The van der Waals surface area contributed by atoms with E-state index < -0.39 is 21.4 Å². The Kier molecular flexibility index (Phi) is 4.96. The molecule has 0 spiro atoms. The maximum Gasteiger partial charge on any atom is 0.240 e. The van der Waals surface area contributed by atoms with Crippen LogP contribution in [0.3, 0.4) is 0 Å². The lowest BCUT2D eigenvalue weighted by molar-refractivity contribution is 0.0179. The molecule has 1 aromatic rings. The molecule has 1 saturated heterocycles. The number of ether oxygens (including phenoxy) is 1. The second kappa shape index (κ2) is 6.19. The fourth-order valence-electron chi connectivity index (χ4n) is 1.91. The normalized spacial score (nSPS) is 23.1. The van der Waals surface area contributed by atoms with Crippen molar-refractivity contribution >= 4 is 33.4 Å². The first kappa shape index (κ1) is 16.0. The monoisotopic (exact) mass is 339 g/mol. The molecule has 8 heteroatoms. The highest BCUT2D eigenvalue weighted by molar-refractivity contribution is 7.99. The van der Waals surface area contributed by atoms with Crippen LogP contribution in [0.1, 0.15) is 6.42 Å². The van der Waals surface area contributed by atoms with Gasteiger partial charge in [-0.3, -0.25) is 0 Å². The Morgan fingerprint density at radius 3 is 2.85 bits per heavy atom. The summed E-state index contributed by atoms with van der Waals surface area (Å²) in [6.45, 7) is 0.188. The molecule has 1 fully saturated rings. The van der Waals surface area contributed by atoms with Crippen LogP contribution >= 0.6 is 23.4 Å². The van der Waals surface area contributed by atoms with Crippen LogP contribution in [0, 0.1) is 5.82 Å². The summed E-state index contributed by atoms with van der Waals surface area (Å²) in [5.41, 5.74) is -0.471. The van der Waals surface area contributed by atoms with Crippen LogP contribution in [-0.4, -0.2) is 39.2 Å². The van der Waals surface area contributed by atoms with Gasteiger partial charge < -0.3 is 4.74 Å². The molecule has 0 bridgehead atoms. The van der Waals surface area contributed by atoms with Gasteiger partial charge in [-0.1, -0.05) is 11.6 Å². The molecule has 4 nitrogen and oxygen atoms in total. The van der Waals surface area contributed by atoms with E-state index in [2.05, 4.69) is 4.72 Å². The van der Waals surface area contributed by atoms with E-state index in [1.54, 1.807) is 18.9 Å². The molecule has 0 radical (unpaired) electrons. The van der Waals surface area contributed by atoms with Crippen LogP contribution in [0.25, 0.3) is 0 Å². The summed E-state index contributed by atoms with van der Waals surface area (Å²) in [4.78, 5) is -0.0548. The fraction of sp³-hybridized carbons (Fsp3) is 0.500. The average Bonchev–Trinajstić information content (AvgIpc) is 2.89. The Morgan fingerprint density at radius 2 is 2.30 bits per heavy atom. The van der Waals surface area contributed by atoms with Gasteiger partial charge in [-0.25, -0.2) is 17.5 Å². The first-order valence-electron chi connectivity index (χ1n) is 5.96. The highest BCUT2D eigenvalue weighted by Gasteiger charge is 2.35. The summed E-state index contributed by atoms with van der Waals surface area (Å²) in [6.07, 6.45) is 0.793. The lowest BCUT2D eigenvalue weighted by Crippen LogP contribution is -2.44. The van der Waals surface area contributed by atoms with Gasteiger partial charge in [0.15, 0.2) is 0 Å². The van der Waals surface area contributed by atoms with Crippen LogP contribution in [0.5, 0.6) is 0 Å². The lowest BCUT2D eigenvalue weighted by Gasteiger charge is -2.26. The van der Waals surface area contributed by atoms with Crippen molar-refractivity contribution in [2.24, 2.45) is 0 Å². The van der Waals surface area contributed by atoms with Gasteiger partial charge in [0.25, 0.3) is 0 Å². The van der Waals surface area contributed by atoms with Crippen LogP contribution in [-0.2, 0) is 14.8 Å². The van der Waals surface area contributed by atoms with Crippen molar-refractivity contribution in [1.29, 1.82) is 0 Å². The predicted molar refractivity (Wildman–Crippen MR) is 78.3 cm³/mol. The van der Waals surface area contributed by atoms with E-state index in [4.69, 9.17) is 16.3 Å². The summed E-state index contributed by atoms with van der Waals surface area (Å²) in [5.74, 6) is 1.04. The molecule has 1 aromatic carbocycles. The topological polar surface area (TPSA) is 55.4 Å². The first-order valence-corrected chi connectivity index (χ1v) is 8.98. The predicted octanol–water partition coefficient (Wildman–Crippen LogP) is 2.28. The van der Waals surface area contributed by atoms with Crippen molar-refractivity contribution in [3.63, 3.8) is 0 Å². The molecule has 1 atom stereocenters. The van der Waals surface area contributed by atoms with Crippen LogP contribution in [0.2, 0.25) is 5.02 Å². The van der Waals surface area contributed by atoms with Gasteiger partial charge >= 0.3 is 0 Å². The van der Waals surface area contributed by atoms with E-state index in [1.165, 1.54) is 6.07 Å². The van der Waals surface area contributed by atoms with Gasteiger partial charge in [0.2, 0.25) is 10.0 Å².